The van der Waals surface area contributed by atoms with E-state index in [0.29, 0.717) is 6.54 Å². The molecule has 3 nitrogen and oxygen atoms in total. The SMILES string of the molecule is CC1(n2cncc2CN)CCCCC1. The van der Waals surface area contributed by atoms with Gasteiger partial charge in [-0.3, -0.25) is 0 Å². The van der Waals surface area contributed by atoms with E-state index >= 15 is 0 Å². The van der Waals surface area contributed by atoms with Gasteiger partial charge in [-0.15, -0.1) is 0 Å². The van der Waals surface area contributed by atoms with Crippen LogP contribution in [0.5, 0.6) is 0 Å². The van der Waals surface area contributed by atoms with Crippen LogP contribution in [0.25, 0.3) is 0 Å². The van der Waals surface area contributed by atoms with Crippen LogP contribution in [0.4, 0.5) is 0 Å². The van der Waals surface area contributed by atoms with Crippen molar-refractivity contribution in [3.63, 3.8) is 0 Å². The van der Waals surface area contributed by atoms with Gasteiger partial charge in [0, 0.05) is 18.3 Å². The Morgan fingerprint density at radius 2 is 2.14 bits per heavy atom. The van der Waals surface area contributed by atoms with Crippen LogP contribution in [0.2, 0.25) is 0 Å². The van der Waals surface area contributed by atoms with Gasteiger partial charge in [0.05, 0.1) is 12.0 Å². The molecule has 0 spiro atoms. The van der Waals surface area contributed by atoms with Gasteiger partial charge < -0.3 is 10.3 Å². The predicted octanol–water partition coefficient (Wildman–Crippen LogP) is 2.02. The summed E-state index contributed by atoms with van der Waals surface area (Å²) in [5, 5.41) is 0. The highest BCUT2D eigenvalue weighted by Gasteiger charge is 2.29. The maximum atomic E-state index is 5.70. The van der Waals surface area contributed by atoms with Gasteiger partial charge in [0.1, 0.15) is 0 Å². The first-order chi connectivity index (χ1) is 6.76. The molecule has 0 saturated heterocycles. The highest BCUT2D eigenvalue weighted by molar-refractivity contribution is 5.03. The van der Waals surface area contributed by atoms with Crippen LogP contribution in [-0.2, 0) is 12.1 Å². The van der Waals surface area contributed by atoms with E-state index in [1.165, 1.54) is 32.1 Å². The van der Waals surface area contributed by atoms with E-state index in [4.69, 9.17) is 5.73 Å². The Kier molecular flexibility index (Phi) is 2.59. The molecular formula is C11H19N3. The molecular weight excluding hydrogens is 174 g/mol. The van der Waals surface area contributed by atoms with Crippen molar-refractivity contribution in [1.82, 2.24) is 9.55 Å². The molecule has 0 aromatic carbocycles. The summed E-state index contributed by atoms with van der Waals surface area (Å²) in [6.07, 6.45) is 10.4. The van der Waals surface area contributed by atoms with E-state index in [2.05, 4.69) is 16.5 Å². The number of nitrogens with zero attached hydrogens (tertiary/aromatic N) is 2. The summed E-state index contributed by atoms with van der Waals surface area (Å²) in [4.78, 5) is 4.20. The average molecular weight is 193 g/mol. The molecule has 1 saturated carbocycles. The van der Waals surface area contributed by atoms with Gasteiger partial charge in [-0.05, 0) is 19.8 Å². The standard InChI is InChI=1S/C11H19N3/c1-11(5-3-2-4-6-11)14-9-13-8-10(14)7-12/h8-9H,2-7,12H2,1H3. The largest absolute Gasteiger partial charge is 0.328 e. The van der Waals surface area contributed by atoms with Crippen molar-refractivity contribution in [2.75, 3.05) is 0 Å². The van der Waals surface area contributed by atoms with Gasteiger partial charge in [0.25, 0.3) is 0 Å². The minimum atomic E-state index is 0.267. The van der Waals surface area contributed by atoms with Crippen LogP contribution in [0.15, 0.2) is 12.5 Å². The second-order valence-corrected chi connectivity index (χ2v) is 4.52. The normalized spacial score (nSPS) is 21.0. The van der Waals surface area contributed by atoms with E-state index in [-0.39, 0.29) is 5.54 Å². The van der Waals surface area contributed by atoms with Crippen LogP contribution < -0.4 is 5.73 Å². The van der Waals surface area contributed by atoms with Crippen molar-refractivity contribution in [2.24, 2.45) is 5.73 Å². The fraction of sp³-hybridized carbons (Fsp3) is 0.727. The maximum Gasteiger partial charge on any atom is 0.0953 e. The molecule has 1 fully saturated rings. The third-order valence-corrected chi connectivity index (χ3v) is 3.44. The smallest absolute Gasteiger partial charge is 0.0953 e. The number of aromatic nitrogens is 2. The Morgan fingerprint density at radius 1 is 1.43 bits per heavy atom. The van der Waals surface area contributed by atoms with Gasteiger partial charge in [-0.2, -0.15) is 0 Å². The molecule has 0 radical (unpaired) electrons. The number of nitrogens with two attached hydrogens (primary N) is 1. The monoisotopic (exact) mass is 193 g/mol. The summed E-state index contributed by atoms with van der Waals surface area (Å²) in [7, 11) is 0. The van der Waals surface area contributed by atoms with Crippen molar-refractivity contribution in [3.8, 4) is 0 Å². The lowest BCUT2D eigenvalue weighted by molar-refractivity contribution is 0.213. The second kappa shape index (κ2) is 3.73. The van der Waals surface area contributed by atoms with Gasteiger partial charge in [0.15, 0.2) is 0 Å². The first-order valence-electron chi connectivity index (χ1n) is 5.48. The van der Waals surface area contributed by atoms with Crippen LogP contribution in [0.3, 0.4) is 0 Å². The molecule has 78 valence electrons. The number of hydrogen-bond acceptors (Lipinski definition) is 2. The lowest BCUT2D eigenvalue weighted by Gasteiger charge is -2.36. The Hall–Kier alpha value is -0.830. The van der Waals surface area contributed by atoms with E-state index in [1.807, 2.05) is 12.5 Å². The topological polar surface area (TPSA) is 43.8 Å². The molecule has 1 heterocycles. The molecule has 2 N–H and O–H groups in total. The summed E-state index contributed by atoms with van der Waals surface area (Å²) < 4.78 is 2.28. The van der Waals surface area contributed by atoms with E-state index in [9.17, 15) is 0 Å². The Labute approximate surface area is 85.3 Å². The molecule has 1 aromatic rings. The predicted molar refractivity (Wildman–Crippen MR) is 56.9 cm³/mol. The molecule has 0 unspecified atom stereocenters. The van der Waals surface area contributed by atoms with E-state index in [0.717, 1.165) is 5.69 Å². The Morgan fingerprint density at radius 3 is 2.79 bits per heavy atom. The quantitative estimate of drug-likeness (QED) is 0.781. The fourth-order valence-corrected chi connectivity index (χ4v) is 2.51. The zero-order valence-electron chi connectivity index (χ0n) is 8.87. The van der Waals surface area contributed by atoms with Crippen molar-refractivity contribution >= 4 is 0 Å². The molecule has 3 heteroatoms. The molecule has 0 atom stereocenters. The average Bonchev–Trinajstić information content (AvgIpc) is 2.67. The summed E-state index contributed by atoms with van der Waals surface area (Å²) in [5.41, 5.74) is 7.13. The molecule has 0 bridgehead atoms. The van der Waals surface area contributed by atoms with Crippen molar-refractivity contribution in [3.05, 3.63) is 18.2 Å². The van der Waals surface area contributed by atoms with Crippen molar-refractivity contribution in [1.29, 1.82) is 0 Å². The first-order valence-corrected chi connectivity index (χ1v) is 5.48. The number of hydrogen-bond donors (Lipinski definition) is 1. The Balaban J connectivity index is 2.27. The maximum absolute atomic E-state index is 5.70. The second-order valence-electron chi connectivity index (χ2n) is 4.52. The van der Waals surface area contributed by atoms with E-state index in [1.54, 1.807) is 0 Å². The van der Waals surface area contributed by atoms with Gasteiger partial charge in [-0.25, -0.2) is 4.98 Å². The minimum Gasteiger partial charge on any atom is -0.328 e. The van der Waals surface area contributed by atoms with Gasteiger partial charge in [-0.1, -0.05) is 19.3 Å². The minimum absolute atomic E-state index is 0.267. The first kappa shape index (κ1) is 9.71. The summed E-state index contributed by atoms with van der Waals surface area (Å²) >= 11 is 0. The van der Waals surface area contributed by atoms with Crippen molar-refractivity contribution in [2.45, 2.75) is 51.1 Å². The molecule has 1 aliphatic rings. The zero-order chi connectivity index (χ0) is 10.0. The molecule has 1 aromatic heterocycles. The molecule has 1 aliphatic carbocycles. The van der Waals surface area contributed by atoms with Crippen LogP contribution in [0, 0.1) is 0 Å². The summed E-state index contributed by atoms with van der Waals surface area (Å²) in [5.74, 6) is 0. The van der Waals surface area contributed by atoms with E-state index < -0.39 is 0 Å². The summed E-state index contributed by atoms with van der Waals surface area (Å²) in [6, 6.07) is 0. The van der Waals surface area contributed by atoms with Crippen molar-refractivity contribution < 1.29 is 0 Å². The van der Waals surface area contributed by atoms with Gasteiger partial charge in [0.2, 0.25) is 0 Å². The van der Waals surface area contributed by atoms with Crippen LogP contribution in [0.1, 0.15) is 44.7 Å². The lowest BCUT2D eigenvalue weighted by Crippen LogP contribution is -2.33. The third kappa shape index (κ3) is 1.57. The highest BCUT2D eigenvalue weighted by atomic mass is 15.1. The van der Waals surface area contributed by atoms with Crippen LogP contribution in [-0.4, -0.2) is 9.55 Å². The lowest BCUT2D eigenvalue weighted by atomic mass is 9.83. The zero-order valence-corrected chi connectivity index (χ0v) is 8.87. The Bertz CT molecular complexity index is 297. The van der Waals surface area contributed by atoms with Crippen LogP contribution >= 0.6 is 0 Å². The number of imidazole rings is 1. The number of rotatable bonds is 2. The third-order valence-electron chi connectivity index (χ3n) is 3.44. The molecule has 0 aliphatic heterocycles. The molecule has 14 heavy (non-hydrogen) atoms. The van der Waals surface area contributed by atoms with Gasteiger partial charge >= 0.3 is 0 Å². The molecule has 2 rings (SSSR count). The molecule has 0 amide bonds. The highest BCUT2D eigenvalue weighted by Crippen LogP contribution is 2.35. The fourth-order valence-electron chi connectivity index (χ4n) is 2.51. The summed E-state index contributed by atoms with van der Waals surface area (Å²) in [6.45, 7) is 2.92.